The summed E-state index contributed by atoms with van der Waals surface area (Å²) in [6, 6.07) is 0. The fourth-order valence-corrected chi connectivity index (χ4v) is 1.51. The van der Waals surface area contributed by atoms with Gasteiger partial charge in [0.2, 0.25) is 0 Å². The molecule has 0 heterocycles. The van der Waals surface area contributed by atoms with Gasteiger partial charge in [0.15, 0.2) is 0 Å². The summed E-state index contributed by atoms with van der Waals surface area (Å²) in [5, 5.41) is 0. The lowest BCUT2D eigenvalue weighted by atomic mass is 9.95. The average Bonchev–Trinajstić information content (AvgIpc) is 2.12. The van der Waals surface area contributed by atoms with E-state index in [0.29, 0.717) is 0 Å². The molecule has 0 radical (unpaired) electrons. The summed E-state index contributed by atoms with van der Waals surface area (Å²) in [6.45, 7) is 10.8. The van der Waals surface area contributed by atoms with Crippen LogP contribution in [0.2, 0.25) is 0 Å². The van der Waals surface area contributed by atoms with Gasteiger partial charge in [-0.1, -0.05) is 52.2 Å². The highest BCUT2D eigenvalue weighted by atomic mass is 14.1. The van der Waals surface area contributed by atoms with Crippen molar-refractivity contribution in [3.8, 4) is 0 Å². The van der Waals surface area contributed by atoms with Gasteiger partial charge in [-0.3, -0.25) is 0 Å². The van der Waals surface area contributed by atoms with Gasteiger partial charge in [0.1, 0.15) is 0 Å². The molecule has 0 nitrogen and oxygen atoms in total. The molecular formula is C12H24. The molecule has 0 aromatic rings. The molecular weight excluding hydrogens is 144 g/mol. The molecule has 0 saturated carbocycles. The van der Waals surface area contributed by atoms with Gasteiger partial charge in [-0.15, -0.1) is 0 Å². The summed E-state index contributed by atoms with van der Waals surface area (Å²) in [6.07, 6.45) is 7.82. The third-order valence-corrected chi connectivity index (χ3v) is 2.80. The SMILES string of the molecule is C=C(CC)CCCC(CC)CC. The largest absolute Gasteiger partial charge is 0.0999 e. The predicted molar refractivity (Wildman–Crippen MR) is 57.4 cm³/mol. The summed E-state index contributed by atoms with van der Waals surface area (Å²) in [4.78, 5) is 0. The first-order valence-electron chi connectivity index (χ1n) is 5.41. The van der Waals surface area contributed by atoms with Crippen molar-refractivity contribution >= 4 is 0 Å². The normalized spacial score (nSPS) is 10.7. The lowest BCUT2D eigenvalue weighted by Crippen LogP contribution is -1.96. The Labute approximate surface area is 78.1 Å². The molecule has 0 amide bonds. The summed E-state index contributed by atoms with van der Waals surface area (Å²) in [5.74, 6) is 0.953. The second-order valence-corrected chi connectivity index (χ2v) is 3.68. The Bertz CT molecular complexity index is 109. The first-order valence-corrected chi connectivity index (χ1v) is 5.41. The molecule has 0 aromatic heterocycles. The van der Waals surface area contributed by atoms with Crippen molar-refractivity contribution in [1.29, 1.82) is 0 Å². The Balaban J connectivity index is 3.34. The number of hydrogen-bond donors (Lipinski definition) is 0. The Kier molecular flexibility index (Phi) is 7.23. The van der Waals surface area contributed by atoms with E-state index in [4.69, 9.17) is 0 Å². The fraction of sp³-hybridized carbons (Fsp3) is 0.833. The molecule has 0 aliphatic rings. The van der Waals surface area contributed by atoms with Crippen LogP contribution in [0.5, 0.6) is 0 Å². The van der Waals surface area contributed by atoms with E-state index in [-0.39, 0.29) is 0 Å². The maximum absolute atomic E-state index is 4.02. The van der Waals surface area contributed by atoms with Crippen LogP contribution < -0.4 is 0 Å². The fourth-order valence-electron chi connectivity index (χ4n) is 1.51. The zero-order valence-electron chi connectivity index (χ0n) is 9.03. The molecule has 0 rings (SSSR count). The summed E-state index contributed by atoms with van der Waals surface area (Å²) < 4.78 is 0. The maximum Gasteiger partial charge on any atom is -0.0323 e. The van der Waals surface area contributed by atoms with Gasteiger partial charge >= 0.3 is 0 Å². The third-order valence-electron chi connectivity index (χ3n) is 2.80. The molecule has 0 heteroatoms. The minimum absolute atomic E-state index is 0.953. The van der Waals surface area contributed by atoms with Crippen LogP contribution >= 0.6 is 0 Å². The van der Waals surface area contributed by atoms with E-state index in [1.54, 1.807) is 0 Å². The molecule has 0 spiro atoms. The zero-order chi connectivity index (χ0) is 9.40. The van der Waals surface area contributed by atoms with Gasteiger partial charge in [-0.25, -0.2) is 0 Å². The Morgan fingerprint density at radius 1 is 1.17 bits per heavy atom. The molecule has 72 valence electrons. The average molecular weight is 168 g/mol. The molecule has 0 bridgehead atoms. The van der Waals surface area contributed by atoms with Gasteiger partial charge in [0.05, 0.1) is 0 Å². The van der Waals surface area contributed by atoms with Gasteiger partial charge in [-0.05, 0) is 25.2 Å². The predicted octanol–water partition coefficient (Wildman–Crippen LogP) is 4.56. The van der Waals surface area contributed by atoms with Crippen LogP contribution in [0.15, 0.2) is 12.2 Å². The van der Waals surface area contributed by atoms with Crippen molar-refractivity contribution in [3.63, 3.8) is 0 Å². The molecule has 0 fully saturated rings. The van der Waals surface area contributed by atoms with Crippen molar-refractivity contribution in [3.05, 3.63) is 12.2 Å². The van der Waals surface area contributed by atoms with Crippen molar-refractivity contribution in [2.24, 2.45) is 5.92 Å². The zero-order valence-corrected chi connectivity index (χ0v) is 9.03. The molecule has 0 aliphatic carbocycles. The summed E-state index contributed by atoms with van der Waals surface area (Å²) in [5.41, 5.74) is 1.42. The van der Waals surface area contributed by atoms with Crippen LogP contribution in [-0.4, -0.2) is 0 Å². The highest BCUT2D eigenvalue weighted by Crippen LogP contribution is 2.18. The van der Waals surface area contributed by atoms with E-state index in [9.17, 15) is 0 Å². The second-order valence-electron chi connectivity index (χ2n) is 3.68. The van der Waals surface area contributed by atoms with Gasteiger partial charge in [0, 0.05) is 0 Å². The maximum atomic E-state index is 4.02. The van der Waals surface area contributed by atoms with Crippen LogP contribution in [-0.2, 0) is 0 Å². The smallest absolute Gasteiger partial charge is 0.0323 e. The van der Waals surface area contributed by atoms with Crippen molar-refractivity contribution < 1.29 is 0 Å². The highest BCUT2D eigenvalue weighted by Gasteiger charge is 2.02. The monoisotopic (exact) mass is 168 g/mol. The minimum Gasteiger partial charge on any atom is -0.0999 e. The molecule has 12 heavy (non-hydrogen) atoms. The molecule has 0 atom stereocenters. The quantitative estimate of drug-likeness (QED) is 0.489. The topological polar surface area (TPSA) is 0 Å². The molecule has 0 aromatic carbocycles. The molecule has 0 N–H and O–H groups in total. The highest BCUT2D eigenvalue weighted by molar-refractivity contribution is 4.91. The van der Waals surface area contributed by atoms with E-state index >= 15 is 0 Å². The first-order chi connectivity index (χ1) is 5.74. The Hall–Kier alpha value is -0.260. The van der Waals surface area contributed by atoms with E-state index in [0.717, 1.165) is 12.3 Å². The Morgan fingerprint density at radius 2 is 1.75 bits per heavy atom. The number of rotatable bonds is 7. The van der Waals surface area contributed by atoms with E-state index in [1.165, 1.54) is 37.7 Å². The van der Waals surface area contributed by atoms with Crippen molar-refractivity contribution in [1.82, 2.24) is 0 Å². The summed E-state index contributed by atoms with van der Waals surface area (Å²) >= 11 is 0. The van der Waals surface area contributed by atoms with E-state index in [1.807, 2.05) is 0 Å². The minimum atomic E-state index is 0.953. The number of allylic oxidation sites excluding steroid dienone is 1. The van der Waals surface area contributed by atoms with Crippen LogP contribution in [0.3, 0.4) is 0 Å². The van der Waals surface area contributed by atoms with Crippen molar-refractivity contribution in [2.75, 3.05) is 0 Å². The van der Waals surface area contributed by atoms with Gasteiger partial charge in [0.25, 0.3) is 0 Å². The Morgan fingerprint density at radius 3 is 2.17 bits per heavy atom. The van der Waals surface area contributed by atoms with E-state index in [2.05, 4.69) is 27.4 Å². The first kappa shape index (κ1) is 11.7. The van der Waals surface area contributed by atoms with Gasteiger partial charge in [-0.2, -0.15) is 0 Å². The van der Waals surface area contributed by atoms with E-state index < -0.39 is 0 Å². The lowest BCUT2D eigenvalue weighted by molar-refractivity contribution is 0.440. The number of hydrogen-bond acceptors (Lipinski definition) is 0. The van der Waals surface area contributed by atoms with Crippen LogP contribution in [0.25, 0.3) is 0 Å². The van der Waals surface area contributed by atoms with Crippen LogP contribution in [0.1, 0.15) is 59.3 Å². The molecule has 0 aliphatic heterocycles. The van der Waals surface area contributed by atoms with Crippen molar-refractivity contribution in [2.45, 2.75) is 59.3 Å². The van der Waals surface area contributed by atoms with Gasteiger partial charge < -0.3 is 0 Å². The molecule has 0 saturated heterocycles. The summed E-state index contributed by atoms with van der Waals surface area (Å²) in [7, 11) is 0. The standard InChI is InChI=1S/C12H24/c1-5-11(4)9-8-10-12(6-2)7-3/h12H,4-10H2,1-3H3. The van der Waals surface area contributed by atoms with Crippen LogP contribution in [0.4, 0.5) is 0 Å². The van der Waals surface area contributed by atoms with Crippen LogP contribution in [0, 0.1) is 5.92 Å². The lowest BCUT2D eigenvalue weighted by Gasteiger charge is -2.11. The molecule has 0 unspecified atom stereocenters. The third kappa shape index (κ3) is 5.40. The second kappa shape index (κ2) is 7.39.